The first kappa shape index (κ1) is 11.0. The third-order valence-corrected chi connectivity index (χ3v) is 6.09. The Labute approximate surface area is 106 Å². The Morgan fingerprint density at radius 2 is 1.69 bits per heavy atom. The van der Waals surface area contributed by atoms with E-state index in [9.17, 15) is 0 Å². The summed E-state index contributed by atoms with van der Waals surface area (Å²) in [4.78, 5) is -1.01. The van der Waals surface area contributed by atoms with E-state index in [4.69, 9.17) is 69.6 Å². The van der Waals surface area contributed by atoms with Gasteiger partial charge in [-0.3, -0.25) is 0 Å². The number of hydrogen-bond donors (Lipinski definition) is 0. The van der Waals surface area contributed by atoms with Crippen LogP contribution in [0.5, 0.6) is 0 Å². The molecule has 0 N–H and O–H groups in total. The summed E-state index contributed by atoms with van der Waals surface area (Å²) in [7, 11) is 0. The molecule has 0 spiro atoms. The quantitative estimate of drug-likeness (QED) is 0.579. The number of halogens is 6. The van der Waals surface area contributed by atoms with Crippen molar-refractivity contribution in [3.8, 4) is 0 Å². The lowest BCUT2D eigenvalue weighted by Crippen LogP contribution is -2.35. The second kappa shape index (κ2) is 2.99. The lowest BCUT2D eigenvalue weighted by atomic mass is 10.1. The summed E-state index contributed by atoms with van der Waals surface area (Å²) in [5.41, 5.74) is 0. The van der Waals surface area contributed by atoms with E-state index in [0.29, 0.717) is 16.5 Å². The molecule has 0 aromatic heterocycles. The molecule has 0 saturated heterocycles. The van der Waals surface area contributed by atoms with Crippen LogP contribution in [0.3, 0.4) is 0 Å². The third kappa shape index (κ3) is 1.14. The normalized spacial score (nSPS) is 47.5. The first-order chi connectivity index (χ1) is 5.82. The Hall–Kier alpha value is 1.48. The highest BCUT2D eigenvalue weighted by atomic mass is 35.5. The summed E-state index contributed by atoms with van der Waals surface area (Å²) >= 11 is 36.3. The Morgan fingerprint density at radius 3 is 2.00 bits per heavy atom. The molecule has 74 valence electrons. The smallest absolute Gasteiger partial charge is 0.122 e. The fraction of sp³-hybridized carbons (Fsp3) is 0.714. The van der Waals surface area contributed by atoms with Crippen LogP contribution in [-0.2, 0) is 0 Å². The fourth-order valence-electron chi connectivity index (χ4n) is 1.88. The van der Waals surface area contributed by atoms with Crippen molar-refractivity contribution in [3.63, 3.8) is 0 Å². The zero-order valence-corrected chi connectivity index (χ0v) is 10.7. The van der Waals surface area contributed by atoms with Gasteiger partial charge in [0.2, 0.25) is 0 Å². The maximum absolute atomic E-state index is 6.21. The molecular formula is C7H4Cl6. The largest absolute Gasteiger partial charge is 0.151 e. The fourth-order valence-corrected chi connectivity index (χ4v) is 5.02. The van der Waals surface area contributed by atoms with Crippen molar-refractivity contribution in [2.45, 2.75) is 21.0 Å². The molecular weight excluding hydrogens is 297 g/mol. The van der Waals surface area contributed by atoms with Gasteiger partial charge < -0.3 is 0 Å². The van der Waals surface area contributed by atoms with E-state index in [2.05, 4.69) is 0 Å². The molecule has 1 fully saturated rings. The van der Waals surface area contributed by atoms with E-state index in [-0.39, 0.29) is 11.3 Å². The average molecular weight is 301 g/mol. The van der Waals surface area contributed by atoms with Gasteiger partial charge in [0.05, 0.1) is 5.03 Å². The minimum Gasteiger partial charge on any atom is -0.122 e. The predicted molar refractivity (Wildman–Crippen MR) is 59.5 cm³/mol. The zero-order valence-electron chi connectivity index (χ0n) is 6.13. The van der Waals surface area contributed by atoms with Crippen molar-refractivity contribution < 1.29 is 0 Å². The van der Waals surface area contributed by atoms with Crippen LogP contribution < -0.4 is 0 Å². The average Bonchev–Trinajstić information content (AvgIpc) is 2.22. The second-order valence-electron chi connectivity index (χ2n) is 3.28. The molecule has 2 rings (SSSR count). The van der Waals surface area contributed by atoms with Crippen LogP contribution in [-0.4, -0.2) is 14.6 Å². The first-order valence-corrected chi connectivity index (χ1v) is 5.91. The van der Waals surface area contributed by atoms with Crippen molar-refractivity contribution in [2.75, 3.05) is 0 Å². The molecule has 0 aliphatic heterocycles. The van der Waals surface area contributed by atoms with Crippen molar-refractivity contribution in [1.29, 1.82) is 0 Å². The van der Waals surface area contributed by atoms with E-state index in [1.54, 1.807) is 0 Å². The molecule has 2 aliphatic carbocycles. The van der Waals surface area contributed by atoms with Crippen LogP contribution in [0.2, 0.25) is 0 Å². The topological polar surface area (TPSA) is 0 Å². The van der Waals surface area contributed by atoms with E-state index in [1.165, 1.54) is 0 Å². The maximum Gasteiger partial charge on any atom is 0.151 e. The molecule has 3 atom stereocenters. The van der Waals surface area contributed by atoms with Crippen molar-refractivity contribution in [1.82, 2.24) is 0 Å². The molecule has 13 heavy (non-hydrogen) atoms. The van der Waals surface area contributed by atoms with Crippen LogP contribution in [0.15, 0.2) is 10.1 Å². The molecule has 1 saturated carbocycles. The standard InChI is InChI=1S/C7H4Cl6/c8-2-1-6(11)5(10)4(9)3(2)7(6,12)13/h2-3H,1H2/t2-,3-,6-/m0/s1. The van der Waals surface area contributed by atoms with Gasteiger partial charge in [0.25, 0.3) is 0 Å². The van der Waals surface area contributed by atoms with Crippen LogP contribution >= 0.6 is 69.6 Å². The molecule has 0 nitrogen and oxygen atoms in total. The molecule has 0 radical (unpaired) electrons. The van der Waals surface area contributed by atoms with Crippen molar-refractivity contribution in [2.24, 2.45) is 5.92 Å². The van der Waals surface area contributed by atoms with Gasteiger partial charge in [-0.2, -0.15) is 0 Å². The summed E-state index contributed by atoms with van der Waals surface area (Å²) in [6.07, 6.45) is 0.447. The summed E-state index contributed by atoms with van der Waals surface area (Å²) in [6.45, 7) is 0. The van der Waals surface area contributed by atoms with Crippen LogP contribution in [0.25, 0.3) is 0 Å². The van der Waals surface area contributed by atoms with Gasteiger partial charge in [-0.1, -0.05) is 46.4 Å². The van der Waals surface area contributed by atoms with Crippen LogP contribution in [0.4, 0.5) is 0 Å². The monoisotopic (exact) mass is 298 g/mol. The highest BCUT2D eigenvalue weighted by molar-refractivity contribution is 6.60. The molecule has 2 bridgehead atoms. The Morgan fingerprint density at radius 1 is 1.15 bits per heavy atom. The SMILES string of the molecule is ClC1=C(Cl)[C@@]2(Cl)C[C@H](Cl)[C@@H]1C2(Cl)Cl. The molecule has 0 amide bonds. The third-order valence-electron chi connectivity index (χ3n) is 2.59. The van der Waals surface area contributed by atoms with Crippen LogP contribution in [0, 0.1) is 5.92 Å². The van der Waals surface area contributed by atoms with Crippen LogP contribution in [0.1, 0.15) is 6.42 Å². The lowest BCUT2D eigenvalue weighted by molar-refractivity contribution is 0.652. The van der Waals surface area contributed by atoms with E-state index in [0.717, 1.165) is 0 Å². The zero-order chi connectivity index (χ0) is 10.0. The Kier molecular flexibility index (Phi) is 2.53. The molecule has 0 aromatic rings. The second-order valence-corrected chi connectivity index (χ2v) is 6.66. The van der Waals surface area contributed by atoms with E-state index >= 15 is 0 Å². The Balaban J connectivity index is 2.58. The number of fused-ring (bicyclic) bond motifs is 2. The predicted octanol–water partition coefficient (Wildman–Crippen LogP) is 4.47. The highest BCUT2D eigenvalue weighted by Gasteiger charge is 2.70. The van der Waals surface area contributed by atoms with Gasteiger partial charge in [0, 0.05) is 16.3 Å². The van der Waals surface area contributed by atoms with Crippen molar-refractivity contribution >= 4 is 69.6 Å². The molecule has 2 aliphatic rings. The highest BCUT2D eigenvalue weighted by Crippen LogP contribution is 2.68. The first-order valence-electron chi connectivity index (χ1n) is 3.59. The van der Waals surface area contributed by atoms with E-state index < -0.39 is 9.21 Å². The molecule has 0 aromatic carbocycles. The van der Waals surface area contributed by atoms with Crippen molar-refractivity contribution in [3.05, 3.63) is 10.1 Å². The van der Waals surface area contributed by atoms with Gasteiger partial charge in [-0.25, -0.2) is 0 Å². The lowest BCUT2D eigenvalue weighted by Gasteiger charge is -2.27. The number of hydrogen-bond acceptors (Lipinski definition) is 0. The van der Waals surface area contributed by atoms with E-state index in [1.807, 2.05) is 0 Å². The van der Waals surface area contributed by atoms with Gasteiger partial charge in [-0.05, 0) is 6.42 Å². The minimum atomic E-state index is -1.19. The van der Waals surface area contributed by atoms with Gasteiger partial charge >= 0.3 is 0 Å². The molecule has 0 heterocycles. The molecule has 0 unspecified atom stereocenters. The van der Waals surface area contributed by atoms with Gasteiger partial charge in [0.15, 0.2) is 4.33 Å². The molecule has 6 heteroatoms. The number of allylic oxidation sites excluding steroid dienone is 2. The number of rotatable bonds is 0. The Bertz CT molecular complexity index is 295. The summed E-state index contributed by atoms with van der Waals surface area (Å²) in [6, 6.07) is 0. The summed E-state index contributed by atoms with van der Waals surface area (Å²) in [5, 5.41) is 0.484. The van der Waals surface area contributed by atoms with Gasteiger partial charge in [0.1, 0.15) is 4.87 Å². The van der Waals surface area contributed by atoms with Gasteiger partial charge in [-0.15, -0.1) is 23.2 Å². The minimum absolute atomic E-state index is 0.248. The maximum atomic E-state index is 6.21. The summed E-state index contributed by atoms with van der Waals surface area (Å²) in [5.74, 6) is -0.357. The summed E-state index contributed by atoms with van der Waals surface area (Å²) < 4.78 is -1.19. The number of alkyl halides is 4.